The van der Waals surface area contributed by atoms with Crippen molar-refractivity contribution in [3.05, 3.63) is 0 Å². The van der Waals surface area contributed by atoms with Crippen LogP contribution in [-0.4, -0.2) is 64.2 Å². The fourth-order valence-corrected chi connectivity index (χ4v) is 2.86. The molecule has 0 aromatic carbocycles. The Morgan fingerprint density at radius 1 is 1.40 bits per heavy atom. The topological polar surface area (TPSA) is 146 Å². The van der Waals surface area contributed by atoms with E-state index in [0.717, 1.165) is 7.11 Å². The number of aliphatic hydroxyl groups is 3. The van der Waals surface area contributed by atoms with E-state index in [1.165, 1.54) is 6.92 Å². The number of hydrogen-bond donors (Lipinski definition) is 5. The van der Waals surface area contributed by atoms with Crippen LogP contribution in [0, 0.1) is 5.92 Å². The second-order valence-corrected chi connectivity index (χ2v) is 6.19. The summed E-state index contributed by atoms with van der Waals surface area (Å²) in [6.07, 6.45) is -3.82. The lowest BCUT2D eigenvalue weighted by molar-refractivity contribution is -0.133. The average Bonchev–Trinajstić information content (AvgIpc) is 2.37. The number of hydrogen-bond acceptors (Lipinski definition) is 7. The number of nitrogens with one attached hydrogen (secondary N) is 1. The smallest absolute Gasteiger partial charge is 0.396 e. The Labute approximate surface area is 116 Å². The van der Waals surface area contributed by atoms with Gasteiger partial charge in [-0.1, -0.05) is 0 Å². The maximum atomic E-state index is 11.5. The SMILES string of the molecule is COP(=O)(O)O[C@H]1C[C@H](CO)[C@@H](O)[C@H](O)[C@@H]1NC(C)=O. The van der Waals surface area contributed by atoms with Gasteiger partial charge in [0.1, 0.15) is 6.10 Å². The van der Waals surface area contributed by atoms with E-state index >= 15 is 0 Å². The van der Waals surface area contributed by atoms with Crippen molar-refractivity contribution in [1.82, 2.24) is 5.32 Å². The highest BCUT2D eigenvalue weighted by atomic mass is 31.2. The summed E-state index contributed by atoms with van der Waals surface area (Å²) in [6.45, 7) is 0.761. The average molecular weight is 313 g/mol. The number of aliphatic hydroxyl groups excluding tert-OH is 3. The number of carbonyl (C=O) groups is 1. The molecular formula is C10H20NO8P. The van der Waals surface area contributed by atoms with Crippen molar-refractivity contribution in [2.45, 2.75) is 37.7 Å². The first-order valence-corrected chi connectivity index (χ1v) is 7.52. The summed E-state index contributed by atoms with van der Waals surface area (Å²) in [4.78, 5) is 20.5. The highest BCUT2D eigenvalue weighted by Crippen LogP contribution is 2.46. The van der Waals surface area contributed by atoms with Gasteiger partial charge in [-0.15, -0.1) is 0 Å². The minimum atomic E-state index is -4.33. The second-order valence-electron chi connectivity index (χ2n) is 4.68. The first-order chi connectivity index (χ1) is 9.21. The fraction of sp³-hybridized carbons (Fsp3) is 0.900. The Kier molecular flexibility index (Phi) is 6.08. The summed E-state index contributed by atoms with van der Waals surface area (Å²) < 4.78 is 20.6. The maximum absolute atomic E-state index is 11.5. The predicted molar refractivity (Wildman–Crippen MR) is 66.5 cm³/mol. The molecule has 1 unspecified atom stereocenters. The Balaban J connectivity index is 2.94. The van der Waals surface area contributed by atoms with Crippen LogP contribution in [0.15, 0.2) is 0 Å². The van der Waals surface area contributed by atoms with E-state index in [4.69, 9.17) is 9.63 Å². The first-order valence-electron chi connectivity index (χ1n) is 6.03. The molecule has 5 N–H and O–H groups in total. The number of phosphoric ester groups is 1. The zero-order chi connectivity index (χ0) is 15.5. The van der Waals surface area contributed by atoms with Gasteiger partial charge >= 0.3 is 7.82 Å². The molecule has 20 heavy (non-hydrogen) atoms. The van der Waals surface area contributed by atoms with Crippen LogP contribution in [0.25, 0.3) is 0 Å². The van der Waals surface area contributed by atoms with Crippen molar-refractivity contribution < 1.29 is 38.6 Å². The van der Waals surface area contributed by atoms with Gasteiger partial charge in [0.2, 0.25) is 5.91 Å². The summed E-state index contributed by atoms with van der Waals surface area (Å²) in [5, 5.41) is 31.3. The van der Waals surface area contributed by atoms with Crippen LogP contribution >= 0.6 is 7.82 Å². The summed E-state index contributed by atoms with van der Waals surface area (Å²) in [7, 11) is -3.35. The lowest BCUT2D eigenvalue weighted by atomic mass is 9.80. The Bertz CT molecular complexity index is 391. The third kappa shape index (κ3) is 4.23. The Morgan fingerprint density at radius 3 is 2.45 bits per heavy atom. The summed E-state index contributed by atoms with van der Waals surface area (Å²) in [6, 6.07) is -1.08. The number of amides is 1. The molecule has 0 aliphatic heterocycles. The zero-order valence-corrected chi connectivity index (χ0v) is 12.1. The molecule has 1 saturated carbocycles. The van der Waals surface area contributed by atoms with Crippen LogP contribution in [0.1, 0.15) is 13.3 Å². The van der Waals surface area contributed by atoms with Gasteiger partial charge in [0, 0.05) is 26.6 Å². The minimum absolute atomic E-state index is 0.0203. The standard InChI is InChI=1S/C10H20NO8P/c1-5(13)11-8-7(19-20(16,17)18-2)3-6(4-12)9(14)10(8)15/h6-10,12,14-15H,3-4H2,1-2H3,(H,11,13)(H,16,17)/t6-,7+,8-,9-,10-/m1/s1. The predicted octanol–water partition coefficient (Wildman–Crippen LogP) is -1.64. The molecule has 1 fully saturated rings. The number of rotatable bonds is 5. The van der Waals surface area contributed by atoms with Crippen molar-refractivity contribution in [2.75, 3.05) is 13.7 Å². The monoisotopic (exact) mass is 313 g/mol. The van der Waals surface area contributed by atoms with E-state index in [9.17, 15) is 24.5 Å². The molecule has 10 heteroatoms. The van der Waals surface area contributed by atoms with E-state index in [0.29, 0.717) is 0 Å². The first kappa shape index (κ1) is 17.5. The van der Waals surface area contributed by atoms with Crippen LogP contribution in [-0.2, 0) is 18.4 Å². The summed E-state index contributed by atoms with van der Waals surface area (Å²) >= 11 is 0. The van der Waals surface area contributed by atoms with Gasteiger partial charge in [-0.2, -0.15) is 0 Å². The molecule has 9 nitrogen and oxygen atoms in total. The third-order valence-corrected chi connectivity index (χ3v) is 4.24. The molecule has 1 aliphatic rings. The fourth-order valence-electron chi connectivity index (χ4n) is 2.21. The van der Waals surface area contributed by atoms with E-state index < -0.39 is 50.6 Å². The molecule has 1 aliphatic carbocycles. The molecule has 0 bridgehead atoms. The molecule has 1 rings (SSSR count). The molecule has 0 radical (unpaired) electrons. The van der Waals surface area contributed by atoms with E-state index in [-0.39, 0.29) is 6.42 Å². The molecule has 0 aromatic heterocycles. The molecule has 0 saturated heterocycles. The highest BCUT2D eigenvalue weighted by molar-refractivity contribution is 7.47. The minimum Gasteiger partial charge on any atom is -0.396 e. The molecule has 118 valence electrons. The molecular weight excluding hydrogens is 293 g/mol. The molecule has 0 spiro atoms. The van der Waals surface area contributed by atoms with Gasteiger partial charge in [0.15, 0.2) is 0 Å². The normalized spacial score (nSPS) is 37.2. The van der Waals surface area contributed by atoms with Gasteiger partial charge in [0.05, 0.1) is 18.2 Å². The van der Waals surface area contributed by atoms with Crippen molar-refractivity contribution in [1.29, 1.82) is 0 Å². The lowest BCUT2D eigenvalue weighted by Crippen LogP contribution is -2.61. The van der Waals surface area contributed by atoms with Gasteiger partial charge in [-0.25, -0.2) is 4.57 Å². The molecule has 6 atom stereocenters. The van der Waals surface area contributed by atoms with Crippen molar-refractivity contribution in [3.8, 4) is 0 Å². The molecule has 1 amide bonds. The lowest BCUT2D eigenvalue weighted by Gasteiger charge is -2.42. The number of phosphoric acid groups is 1. The van der Waals surface area contributed by atoms with Gasteiger partial charge < -0.3 is 25.5 Å². The van der Waals surface area contributed by atoms with Crippen LogP contribution < -0.4 is 5.32 Å². The van der Waals surface area contributed by atoms with Crippen LogP contribution in [0.2, 0.25) is 0 Å². The summed E-state index contributed by atoms with van der Waals surface area (Å²) in [5.41, 5.74) is 0. The molecule has 0 heterocycles. The van der Waals surface area contributed by atoms with Crippen molar-refractivity contribution in [2.24, 2.45) is 5.92 Å². The van der Waals surface area contributed by atoms with Crippen LogP contribution in [0.4, 0.5) is 0 Å². The maximum Gasteiger partial charge on any atom is 0.472 e. The van der Waals surface area contributed by atoms with Crippen LogP contribution in [0.3, 0.4) is 0 Å². The van der Waals surface area contributed by atoms with Gasteiger partial charge in [0.25, 0.3) is 0 Å². The van der Waals surface area contributed by atoms with Crippen molar-refractivity contribution in [3.63, 3.8) is 0 Å². The van der Waals surface area contributed by atoms with E-state index in [2.05, 4.69) is 9.84 Å². The molecule has 0 aromatic rings. The van der Waals surface area contributed by atoms with E-state index in [1.54, 1.807) is 0 Å². The zero-order valence-electron chi connectivity index (χ0n) is 11.2. The summed E-state index contributed by atoms with van der Waals surface area (Å²) in [5.74, 6) is -1.24. The third-order valence-electron chi connectivity index (χ3n) is 3.24. The van der Waals surface area contributed by atoms with Crippen LogP contribution in [0.5, 0.6) is 0 Å². The van der Waals surface area contributed by atoms with Gasteiger partial charge in [-0.05, 0) is 6.42 Å². The highest BCUT2D eigenvalue weighted by Gasteiger charge is 2.46. The number of carbonyl (C=O) groups excluding carboxylic acids is 1. The second kappa shape index (κ2) is 6.95. The Morgan fingerprint density at radius 2 is 2.00 bits per heavy atom. The van der Waals surface area contributed by atoms with Gasteiger partial charge in [-0.3, -0.25) is 13.8 Å². The van der Waals surface area contributed by atoms with E-state index in [1.807, 2.05) is 0 Å². The quantitative estimate of drug-likeness (QED) is 0.380. The largest absolute Gasteiger partial charge is 0.472 e. The Hall–Kier alpha value is -0.540. The van der Waals surface area contributed by atoms with Crippen molar-refractivity contribution >= 4 is 13.7 Å².